The molecule has 2 N–H and O–H groups in total. The number of hydrogen-bond acceptors (Lipinski definition) is 3. The Bertz CT molecular complexity index is 298. The summed E-state index contributed by atoms with van der Waals surface area (Å²) in [4.78, 5) is 12.6. The van der Waals surface area contributed by atoms with Crippen molar-refractivity contribution in [1.82, 2.24) is 0 Å². The molecule has 1 unspecified atom stereocenters. The third kappa shape index (κ3) is 2.90. The van der Waals surface area contributed by atoms with E-state index in [0.717, 1.165) is 9.35 Å². The van der Waals surface area contributed by atoms with Crippen molar-refractivity contribution in [2.24, 2.45) is 11.7 Å². The molecule has 72 valence electrons. The molecule has 0 radical (unpaired) electrons. The summed E-state index contributed by atoms with van der Waals surface area (Å²) in [5.74, 6) is 0.180. The first kappa shape index (κ1) is 10.9. The monoisotopic (exact) mass is 261 g/mol. The topological polar surface area (TPSA) is 43.1 Å². The number of carbonyl (C=O) groups excluding carboxylic acids is 1. The highest BCUT2D eigenvalue weighted by atomic mass is 79.9. The molecule has 1 aromatic heterocycles. The summed E-state index contributed by atoms with van der Waals surface area (Å²) in [5.41, 5.74) is 5.41. The van der Waals surface area contributed by atoms with E-state index >= 15 is 0 Å². The summed E-state index contributed by atoms with van der Waals surface area (Å²) in [7, 11) is 0. The summed E-state index contributed by atoms with van der Waals surface area (Å²) >= 11 is 4.99. The van der Waals surface area contributed by atoms with Crippen LogP contribution in [0.3, 0.4) is 0 Å². The zero-order valence-electron chi connectivity index (χ0n) is 7.42. The van der Waals surface area contributed by atoms with Crippen LogP contribution in [0.25, 0.3) is 0 Å². The van der Waals surface area contributed by atoms with Gasteiger partial charge in [-0.1, -0.05) is 6.92 Å². The fourth-order valence-corrected chi connectivity index (χ4v) is 2.42. The SMILES string of the molecule is CC(CN)C(=O)Cc1sccc1Br. The minimum atomic E-state index is -0.0333. The number of ketones is 1. The number of halogens is 1. The summed E-state index contributed by atoms with van der Waals surface area (Å²) < 4.78 is 1.02. The average molecular weight is 262 g/mol. The molecule has 4 heteroatoms. The van der Waals surface area contributed by atoms with Gasteiger partial charge in [0.15, 0.2) is 0 Å². The van der Waals surface area contributed by atoms with Crippen LogP contribution in [-0.4, -0.2) is 12.3 Å². The molecule has 1 aromatic rings. The van der Waals surface area contributed by atoms with Gasteiger partial charge in [0.1, 0.15) is 5.78 Å². The van der Waals surface area contributed by atoms with Gasteiger partial charge >= 0.3 is 0 Å². The molecule has 0 aliphatic carbocycles. The number of Topliss-reactive ketones (excluding diaryl/α,β-unsaturated/α-hetero) is 1. The third-order valence-corrected chi connectivity index (χ3v) is 3.86. The van der Waals surface area contributed by atoms with Gasteiger partial charge in [0.25, 0.3) is 0 Å². The van der Waals surface area contributed by atoms with Crippen molar-refractivity contribution >= 4 is 33.0 Å². The van der Waals surface area contributed by atoms with Crippen molar-refractivity contribution < 1.29 is 4.79 Å². The van der Waals surface area contributed by atoms with Crippen LogP contribution in [0.1, 0.15) is 11.8 Å². The molecule has 0 spiro atoms. The molecule has 0 aliphatic heterocycles. The summed E-state index contributed by atoms with van der Waals surface area (Å²) in [6.07, 6.45) is 0.497. The second kappa shape index (κ2) is 4.88. The molecule has 1 heterocycles. The van der Waals surface area contributed by atoms with Gasteiger partial charge in [0.2, 0.25) is 0 Å². The van der Waals surface area contributed by atoms with Crippen LogP contribution < -0.4 is 5.73 Å². The predicted octanol–water partition coefficient (Wildman–Crippen LogP) is 2.22. The number of nitrogens with two attached hydrogens (primary N) is 1. The van der Waals surface area contributed by atoms with E-state index in [9.17, 15) is 4.79 Å². The van der Waals surface area contributed by atoms with Crippen LogP contribution in [0.5, 0.6) is 0 Å². The van der Waals surface area contributed by atoms with E-state index in [1.807, 2.05) is 18.4 Å². The highest BCUT2D eigenvalue weighted by Crippen LogP contribution is 2.23. The Morgan fingerprint density at radius 1 is 1.77 bits per heavy atom. The second-order valence-electron chi connectivity index (χ2n) is 2.97. The maximum Gasteiger partial charge on any atom is 0.142 e. The van der Waals surface area contributed by atoms with E-state index in [0.29, 0.717) is 13.0 Å². The van der Waals surface area contributed by atoms with E-state index in [-0.39, 0.29) is 11.7 Å². The number of thiophene rings is 1. The Kier molecular flexibility index (Phi) is 4.09. The number of hydrogen-bond donors (Lipinski definition) is 1. The van der Waals surface area contributed by atoms with E-state index in [1.54, 1.807) is 11.3 Å². The molecule has 0 saturated heterocycles. The van der Waals surface area contributed by atoms with Gasteiger partial charge in [0, 0.05) is 28.2 Å². The van der Waals surface area contributed by atoms with Gasteiger partial charge in [-0.05, 0) is 27.4 Å². The van der Waals surface area contributed by atoms with Crippen molar-refractivity contribution in [1.29, 1.82) is 0 Å². The smallest absolute Gasteiger partial charge is 0.142 e. The number of rotatable bonds is 4. The second-order valence-corrected chi connectivity index (χ2v) is 4.83. The van der Waals surface area contributed by atoms with Crippen LogP contribution in [-0.2, 0) is 11.2 Å². The zero-order chi connectivity index (χ0) is 9.84. The van der Waals surface area contributed by atoms with Gasteiger partial charge in [-0.2, -0.15) is 0 Å². The molecule has 0 aromatic carbocycles. The van der Waals surface area contributed by atoms with Crippen LogP contribution in [0.15, 0.2) is 15.9 Å². The van der Waals surface area contributed by atoms with Crippen molar-refractivity contribution in [3.05, 3.63) is 20.8 Å². The minimum Gasteiger partial charge on any atom is -0.330 e. The van der Waals surface area contributed by atoms with Gasteiger partial charge in [-0.3, -0.25) is 4.79 Å². The first-order valence-corrected chi connectivity index (χ1v) is 5.77. The third-order valence-electron chi connectivity index (χ3n) is 1.93. The van der Waals surface area contributed by atoms with Gasteiger partial charge in [-0.15, -0.1) is 11.3 Å². The van der Waals surface area contributed by atoms with Crippen molar-refractivity contribution in [3.63, 3.8) is 0 Å². The van der Waals surface area contributed by atoms with E-state index in [2.05, 4.69) is 15.9 Å². The molecule has 0 amide bonds. The van der Waals surface area contributed by atoms with Crippen molar-refractivity contribution in [3.8, 4) is 0 Å². The van der Waals surface area contributed by atoms with E-state index in [4.69, 9.17) is 5.73 Å². The van der Waals surface area contributed by atoms with Crippen LogP contribution in [0.2, 0.25) is 0 Å². The molecular formula is C9H12BrNOS. The lowest BCUT2D eigenvalue weighted by Gasteiger charge is -2.05. The highest BCUT2D eigenvalue weighted by molar-refractivity contribution is 9.10. The maximum atomic E-state index is 11.5. The lowest BCUT2D eigenvalue weighted by Crippen LogP contribution is -2.21. The van der Waals surface area contributed by atoms with E-state index in [1.165, 1.54) is 0 Å². The molecular weight excluding hydrogens is 250 g/mol. The van der Waals surface area contributed by atoms with E-state index < -0.39 is 0 Å². The molecule has 0 saturated carbocycles. The zero-order valence-corrected chi connectivity index (χ0v) is 9.82. The standard InChI is InChI=1S/C9H12BrNOS/c1-6(5-11)8(12)4-9-7(10)2-3-13-9/h2-3,6H,4-5,11H2,1H3. The summed E-state index contributed by atoms with van der Waals surface area (Å²) in [6.45, 7) is 2.30. The maximum absolute atomic E-state index is 11.5. The van der Waals surface area contributed by atoms with Crippen molar-refractivity contribution in [2.45, 2.75) is 13.3 Å². The Morgan fingerprint density at radius 2 is 2.46 bits per heavy atom. The largest absolute Gasteiger partial charge is 0.330 e. The first-order valence-electron chi connectivity index (χ1n) is 4.09. The number of carbonyl (C=O) groups is 1. The molecule has 0 fully saturated rings. The Morgan fingerprint density at radius 3 is 2.92 bits per heavy atom. The van der Waals surface area contributed by atoms with Crippen LogP contribution in [0.4, 0.5) is 0 Å². The summed E-state index contributed by atoms with van der Waals surface area (Å²) in [5, 5.41) is 1.97. The highest BCUT2D eigenvalue weighted by Gasteiger charge is 2.13. The van der Waals surface area contributed by atoms with Gasteiger partial charge in [0.05, 0.1) is 0 Å². The predicted molar refractivity (Wildman–Crippen MR) is 58.9 cm³/mol. The normalized spacial score (nSPS) is 12.8. The van der Waals surface area contributed by atoms with Crippen LogP contribution in [0, 0.1) is 5.92 Å². The molecule has 1 atom stereocenters. The molecule has 13 heavy (non-hydrogen) atoms. The molecule has 2 nitrogen and oxygen atoms in total. The molecule has 0 aliphatic rings. The first-order chi connectivity index (χ1) is 6.15. The Labute approximate surface area is 90.3 Å². The fraction of sp³-hybridized carbons (Fsp3) is 0.444. The van der Waals surface area contributed by atoms with Gasteiger partial charge in [-0.25, -0.2) is 0 Å². The van der Waals surface area contributed by atoms with Gasteiger partial charge < -0.3 is 5.73 Å². The average Bonchev–Trinajstić information content (AvgIpc) is 2.50. The minimum absolute atomic E-state index is 0.0333. The summed E-state index contributed by atoms with van der Waals surface area (Å²) in [6, 6.07) is 1.96. The quantitative estimate of drug-likeness (QED) is 0.904. The lowest BCUT2D eigenvalue weighted by atomic mass is 10.0. The lowest BCUT2D eigenvalue weighted by molar-refractivity contribution is -0.121. The van der Waals surface area contributed by atoms with Crippen LogP contribution >= 0.6 is 27.3 Å². The fourth-order valence-electron chi connectivity index (χ4n) is 0.915. The Hall–Kier alpha value is -0.190. The van der Waals surface area contributed by atoms with Crippen molar-refractivity contribution in [2.75, 3.05) is 6.54 Å². The Balaban J connectivity index is 2.60. The molecule has 1 rings (SSSR count). The molecule has 0 bridgehead atoms.